The summed E-state index contributed by atoms with van der Waals surface area (Å²) in [6.07, 6.45) is 1.50. The van der Waals surface area contributed by atoms with Crippen molar-refractivity contribution in [3.8, 4) is 0 Å². The number of nitrogens with zero attached hydrogens (tertiary/aromatic N) is 2. The molecule has 0 aliphatic carbocycles. The smallest absolute Gasteiger partial charge is 0.273 e. The van der Waals surface area contributed by atoms with E-state index < -0.39 is 0 Å². The zero-order valence-electron chi connectivity index (χ0n) is 6.46. The van der Waals surface area contributed by atoms with E-state index >= 15 is 0 Å². The highest BCUT2D eigenvalue weighted by atomic mass is 16.1. The molecule has 3 N–H and O–H groups in total. The lowest BCUT2D eigenvalue weighted by atomic mass is 10.4. The largest absolute Gasteiger partial charge is 0.383 e. The van der Waals surface area contributed by atoms with Gasteiger partial charge in [0.2, 0.25) is 0 Å². The van der Waals surface area contributed by atoms with E-state index in [2.05, 4.69) is 10.3 Å². The van der Waals surface area contributed by atoms with Gasteiger partial charge in [-0.2, -0.15) is 0 Å². The predicted molar refractivity (Wildman–Crippen MR) is 41.0 cm³/mol. The third-order valence-electron chi connectivity index (χ3n) is 1.42. The van der Waals surface area contributed by atoms with Gasteiger partial charge in [0.15, 0.2) is 5.69 Å². The van der Waals surface area contributed by atoms with Gasteiger partial charge < -0.3 is 15.6 Å². The lowest BCUT2D eigenvalue weighted by molar-refractivity contribution is 0.0959. The Morgan fingerprint density at radius 3 is 2.82 bits per heavy atom. The average Bonchev–Trinajstić information content (AvgIpc) is 2.32. The molecule has 5 heteroatoms. The molecule has 1 aromatic rings. The second-order valence-corrected chi connectivity index (χ2v) is 2.17. The summed E-state index contributed by atoms with van der Waals surface area (Å²) in [4.78, 5) is 14.8. The Morgan fingerprint density at radius 2 is 2.45 bits per heavy atom. The van der Waals surface area contributed by atoms with E-state index in [0.29, 0.717) is 5.82 Å². The summed E-state index contributed by atoms with van der Waals surface area (Å²) in [6, 6.07) is 0. The number of aryl methyl sites for hydroxylation is 1. The molecule has 0 bridgehead atoms. The van der Waals surface area contributed by atoms with E-state index in [1.807, 2.05) is 0 Å². The second-order valence-electron chi connectivity index (χ2n) is 2.17. The molecule has 0 fully saturated rings. The van der Waals surface area contributed by atoms with Crippen molar-refractivity contribution in [2.45, 2.75) is 0 Å². The fourth-order valence-corrected chi connectivity index (χ4v) is 0.733. The number of carbonyl (C=O) groups is 1. The van der Waals surface area contributed by atoms with Crippen molar-refractivity contribution in [1.29, 1.82) is 0 Å². The van der Waals surface area contributed by atoms with E-state index in [1.54, 1.807) is 11.6 Å². The minimum absolute atomic E-state index is 0.261. The molecule has 1 rings (SSSR count). The molecule has 0 radical (unpaired) electrons. The Labute approximate surface area is 64.2 Å². The Hall–Kier alpha value is -1.52. The summed E-state index contributed by atoms with van der Waals surface area (Å²) in [5, 5.41) is 2.44. The van der Waals surface area contributed by atoms with E-state index in [1.165, 1.54) is 13.4 Å². The number of hydrogen-bond acceptors (Lipinski definition) is 3. The molecule has 0 aromatic carbocycles. The van der Waals surface area contributed by atoms with Crippen LogP contribution in [0.15, 0.2) is 6.33 Å². The number of amides is 1. The molecule has 60 valence electrons. The highest BCUT2D eigenvalue weighted by Crippen LogP contribution is 2.06. The number of anilines is 1. The first-order valence-electron chi connectivity index (χ1n) is 3.15. The molecule has 5 nitrogen and oxygen atoms in total. The van der Waals surface area contributed by atoms with Gasteiger partial charge in [0.05, 0.1) is 6.33 Å². The van der Waals surface area contributed by atoms with Crippen molar-refractivity contribution in [3.63, 3.8) is 0 Å². The second kappa shape index (κ2) is 2.61. The summed E-state index contributed by atoms with van der Waals surface area (Å²) >= 11 is 0. The molecular formula is C6H10N4O. The number of imidazole rings is 1. The summed E-state index contributed by atoms with van der Waals surface area (Å²) in [6.45, 7) is 0. The van der Waals surface area contributed by atoms with Crippen LogP contribution in [0.1, 0.15) is 10.5 Å². The average molecular weight is 154 g/mol. The maximum atomic E-state index is 11.0. The molecular weight excluding hydrogens is 144 g/mol. The topological polar surface area (TPSA) is 72.9 Å². The number of rotatable bonds is 1. The Bertz CT molecular complexity index is 278. The highest BCUT2D eigenvalue weighted by molar-refractivity contribution is 5.96. The molecule has 0 atom stereocenters. The fourth-order valence-electron chi connectivity index (χ4n) is 0.733. The first-order valence-corrected chi connectivity index (χ1v) is 3.15. The molecule has 1 amide bonds. The fraction of sp³-hybridized carbons (Fsp3) is 0.333. The molecule has 0 aliphatic heterocycles. The van der Waals surface area contributed by atoms with Crippen molar-refractivity contribution >= 4 is 11.7 Å². The first-order chi connectivity index (χ1) is 5.16. The third-order valence-corrected chi connectivity index (χ3v) is 1.42. The van der Waals surface area contributed by atoms with Gasteiger partial charge in [0, 0.05) is 14.1 Å². The van der Waals surface area contributed by atoms with Crippen LogP contribution in [0.25, 0.3) is 0 Å². The van der Waals surface area contributed by atoms with Crippen LogP contribution in [0.3, 0.4) is 0 Å². The van der Waals surface area contributed by atoms with Gasteiger partial charge >= 0.3 is 0 Å². The van der Waals surface area contributed by atoms with Gasteiger partial charge in [-0.1, -0.05) is 0 Å². The third kappa shape index (κ3) is 1.17. The van der Waals surface area contributed by atoms with E-state index in [4.69, 9.17) is 5.73 Å². The van der Waals surface area contributed by atoms with Crippen LogP contribution in [0.2, 0.25) is 0 Å². The van der Waals surface area contributed by atoms with Crippen molar-refractivity contribution in [2.75, 3.05) is 12.8 Å². The van der Waals surface area contributed by atoms with Crippen molar-refractivity contribution in [2.24, 2.45) is 7.05 Å². The van der Waals surface area contributed by atoms with Gasteiger partial charge in [-0.05, 0) is 0 Å². The standard InChI is InChI=1S/C6H10N4O/c1-8-6(11)4-5(7)10(2)3-9-4/h3H,7H2,1-2H3,(H,8,11). The molecule has 0 saturated carbocycles. The van der Waals surface area contributed by atoms with Gasteiger partial charge in [-0.3, -0.25) is 4.79 Å². The summed E-state index contributed by atoms with van der Waals surface area (Å²) in [5.74, 6) is 0.118. The zero-order valence-corrected chi connectivity index (χ0v) is 6.46. The Balaban J connectivity index is 3.04. The van der Waals surface area contributed by atoms with Crippen molar-refractivity contribution in [1.82, 2.24) is 14.9 Å². The minimum Gasteiger partial charge on any atom is -0.383 e. The van der Waals surface area contributed by atoms with Gasteiger partial charge in [0.25, 0.3) is 5.91 Å². The van der Waals surface area contributed by atoms with E-state index in [0.717, 1.165) is 0 Å². The maximum Gasteiger partial charge on any atom is 0.273 e. The lowest BCUT2D eigenvalue weighted by Gasteiger charge is -1.96. The molecule has 0 spiro atoms. The van der Waals surface area contributed by atoms with Crippen molar-refractivity contribution < 1.29 is 4.79 Å². The van der Waals surface area contributed by atoms with E-state index in [9.17, 15) is 4.79 Å². The lowest BCUT2D eigenvalue weighted by Crippen LogP contribution is -2.19. The number of carbonyl (C=O) groups excluding carboxylic acids is 1. The van der Waals surface area contributed by atoms with Crippen LogP contribution in [0, 0.1) is 0 Å². The Morgan fingerprint density at radius 1 is 1.82 bits per heavy atom. The number of aromatic nitrogens is 2. The Kier molecular flexibility index (Phi) is 1.80. The van der Waals surface area contributed by atoms with Gasteiger partial charge in [-0.25, -0.2) is 4.98 Å². The molecule has 0 unspecified atom stereocenters. The van der Waals surface area contributed by atoms with Crippen LogP contribution >= 0.6 is 0 Å². The SMILES string of the molecule is CNC(=O)c1ncn(C)c1N. The molecule has 1 aromatic heterocycles. The molecule has 0 aliphatic rings. The van der Waals surface area contributed by atoms with Crippen molar-refractivity contribution in [3.05, 3.63) is 12.0 Å². The molecule has 0 saturated heterocycles. The quantitative estimate of drug-likeness (QED) is 0.565. The molecule has 1 heterocycles. The number of nitrogens with one attached hydrogen (secondary N) is 1. The summed E-state index contributed by atoms with van der Waals surface area (Å²) < 4.78 is 1.59. The predicted octanol–water partition coefficient (Wildman–Crippen LogP) is -0.638. The maximum absolute atomic E-state index is 11.0. The van der Waals surface area contributed by atoms with Gasteiger partial charge in [0.1, 0.15) is 5.82 Å². The van der Waals surface area contributed by atoms with Crippen LogP contribution in [-0.4, -0.2) is 22.5 Å². The van der Waals surface area contributed by atoms with Crippen LogP contribution in [0.4, 0.5) is 5.82 Å². The van der Waals surface area contributed by atoms with E-state index in [-0.39, 0.29) is 11.6 Å². The first kappa shape index (κ1) is 7.59. The van der Waals surface area contributed by atoms with Crippen LogP contribution in [-0.2, 0) is 7.05 Å². The monoisotopic (exact) mass is 154 g/mol. The number of nitrogens with two attached hydrogens (primary N) is 1. The van der Waals surface area contributed by atoms with Crippen LogP contribution in [0.5, 0.6) is 0 Å². The zero-order chi connectivity index (χ0) is 8.43. The number of hydrogen-bond donors (Lipinski definition) is 2. The molecule has 11 heavy (non-hydrogen) atoms. The normalized spacial score (nSPS) is 9.64. The van der Waals surface area contributed by atoms with Gasteiger partial charge in [-0.15, -0.1) is 0 Å². The summed E-state index contributed by atoms with van der Waals surface area (Å²) in [7, 11) is 3.27. The number of nitrogen functional groups attached to an aromatic ring is 1. The summed E-state index contributed by atoms with van der Waals surface area (Å²) in [5.41, 5.74) is 5.79. The minimum atomic E-state index is -0.261. The highest BCUT2D eigenvalue weighted by Gasteiger charge is 2.11. The van der Waals surface area contributed by atoms with Crippen LogP contribution < -0.4 is 11.1 Å².